The van der Waals surface area contributed by atoms with Gasteiger partial charge in [0, 0.05) is 0 Å². The molecule has 0 radical (unpaired) electrons. The number of unbranched alkanes of at least 4 members (excludes halogenated alkanes) is 8. The second-order valence-electron chi connectivity index (χ2n) is 7.92. The minimum atomic E-state index is -2.09. The zero-order valence-electron chi connectivity index (χ0n) is 17.9. The van der Waals surface area contributed by atoms with Gasteiger partial charge in [-0.15, -0.1) is 0 Å². The molecule has 0 N–H and O–H groups in total. The van der Waals surface area contributed by atoms with Crippen molar-refractivity contribution in [3.8, 4) is 0 Å². The first-order valence-electron chi connectivity index (χ1n) is 11.4. The summed E-state index contributed by atoms with van der Waals surface area (Å²) in [6, 6.07) is 0. The number of hydrogen-bond donors (Lipinski definition) is 0. The Morgan fingerprint density at radius 1 is 0.583 bits per heavy atom. The number of allylic oxidation sites excluding steroid dienone is 2. The molecule has 0 spiro atoms. The molecule has 0 fully saturated rings. The van der Waals surface area contributed by atoms with Gasteiger partial charge in [-0.3, -0.25) is 0 Å². The van der Waals surface area contributed by atoms with Crippen molar-refractivity contribution in [2.45, 2.75) is 131 Å². The van der Waals surface area contributed by atoms with Crippen LogP contribution < -0.4 is 0 Å². The summed E-state index contributed by atoms with van der Waals surface area (Å²) in [5.41, 5.74) is 0. The van der Waals surface area contributed by atoms with Crippen molar-refractivity contribution in [1.82, 2.24) is 0 Å². The molecule has 0 amide bonds. The predicted octanol–water partition coefficient (Wildman–Crippen LogP) is 9.07. The summed E-state index contributed by atoms with van der Waals surface area (Å²) < 4.78 is 6.94. The molecular weight excluding hydrogens is 395 g/mol. The monoisotopic (exact) mass is 444 g/mol. The van der Waals surface area contributed by atoms with Crippen LogP contribution in [0, 0.1) is 0 Å². The van der Waals surface area contributed by atoms with E-state index in [9.17, 15) is 0 Å². The van der Waals surface area contributed by atoms with Crippen molar-refractivity contribution in [2.24, 2.45) is 0 Å². The van der Waals surface area contributed by atoms with E-state index in [1.54, 1.807) is 13.3 Å². The summed E-state index contributed by atoms with van der Waals surface area (Å²) in [5.74, 6) is 0. The molecule has 0 saturated heterocycles. The van der Waals surface area contributed by atoms with Gasteiger partial charge in [-0.25, -0.2) is 0 Å². The van der Waals surface area contributed by atoms with Crippen molar-refractivity contribution in [3.05, 3.63) is 9.67 Å². The fourth-order valence-electron chi connectivity index (χ4n) is 4.21. The average molecular weight is 443 g/mol. The first-order valence-corrected chi connectivity index (χ1v) is 18.8. The Hall–Kier alpha value is 0.539. The van der Waals surface area contributed by atoms with Gasteiger partial charge < -0.3 is 0 Å². The topological polar surface area (TPSA) is 0 Å². The normalized spacial score (nSPS) is 12.8. The molecule has 0 aliphatic heterocycles. The molecule has 0 aliphatic carbocycles. The van der Waals surface area contributed by atoms with Gasteiger partial charge in [0.25, 0.3) is 0 Å². The minimum absolute atomic E-state index is 1.37. The molecule has 0 unspecified atom stereocenters. The van der Waals surface area contributed by atoms with Crippen LogP contribution in [0.25, 0.3) is 0 Å². The summed E-state index contributed by atoms with van der Waals surface area (Å²) in [4.78, 5) is 0. The molecular formula is C23H48Sn. The molecule has 0 aliphatic rings. The van der Waals surface area contributed by atoms with Crippen molar-refractivity contribution >= 4 is 18.4 Å². The molecule has 24 heavy (non-hydrogen) atoms. The van der Waals surface area contributed by atoms with Gasteiger partial charge in [0.05, 0.1) is 0 Å². The van der Waals surface area contributed by atoms with Gasteiger partial charge in [0.1, 0.15) is 0 Å². The van der Waals surface area contributed by atoms with E-state index in [1.165, 1.54) is 83.5 Å². The summed E-state index contributed by atoms with van der Waals surface area (Å²) in [6.45, 7) is 11.8. The van der Waals surface area contributed by atoms with Crippen LogP contribution in [0.2, 0.25) is 13.3 Å². The van der Waals surface area contributed by atoms with Crippen LogP contribution in [-0.4, -0.2) is 18.4 Å². The van der Waals surface area contributed by atoms with Crippen molar-refractivity contribution in [2.75, 3.05) is 0 Å². The molecule has 0 aromatic carbocycles. The molecule has 0 aromatic heterocycles. The van der Waals surface area contributed by atoms with Gasteiger partial charge >= 0.3 is 159 Å². The zero-order chi connectivity index (χ0) is 18.1. The van der Waals surface area contributed by atoms with Gasteiger partial charge in [-0.05, 0) is 0 Å². The van der Waals surface area contributed by atoms with E-state index in [0.717, 1.165) is 0 Å². The first kappa shape index (κ1) is 24.5. The molecule has 0 nitrogen and oxygen atoms in total. The third-order valence-electron chi connectivity index (χ3n) is 5.86. The fourth-order valence-corrected chi connectivity index (χ4v) is 21.7. The maximum absolute atomic E-state index is 2.60. The van der Waals surface area contributed by atoms with E-state index >= 15 is 0 Å². The molecule has 0 aromatic rings. The molecule has 0 atom stereocenters. The van der Waals surface area contributed by atoms with Gasteiger partial charge in [0.15, 0.2) is 0 Å². The molecule has 0 rings (SSSR count). The predicted molar refractivity (Wildman–Crippen MR) is 117 cm³/mol. The second-order valence-corrected chi connectivity index (χ2v) is 21.3. The van der Waals surface area contributed by atoms with Crippen LogP contribution in [0.15, 0.2) is 9.67 Å². The Balaban J connectivity index is 4.80. The summed E-state index contributed by atoms with van der Waals surface area (Å²) in [5, 5.41) is 0. The van der Waals surface area contributed by atoms with Crippen molar-refractivity contribution in [1.29, 1.82) is 0 Å². The fraction of sp³-hybridized carbons (Fsp3) is 0.913. The first-order chi connectivity index (χ1) is 11.7. The quantitative estimate of drug-likeness (QED) is 0.155. The van der Waals surface area contributed by atoms with E-state index in [-0.39, 0.29) is 0 Å². The van der Waals surface area contributed by atoms with Gasteiger partial charge in [0.2, 0.25) is 0 Å². The van der Waals surface area contributed by atoms with E-state index in [2.05, 4.69) is 40.7 Å². The van der Waals surface area contributed by atoms with Gasteiger partial charge in [-0.2, -0.15) is 0 Å². The third kappa shape index (κ3) is 10.5. The van der Waals surface area contributed by atoms with Crippen molar-refractivity contribution in [3.63, 3.8) is 0 Å². The average Bonchev–Trinajstić information content (AvgIpc) is 2.61. The Bertz CT molecular complexity index is 271. The molecule has 1 heteroatoms. The second kappa shape index (κ2) is 17.0. The molecule has 0 saturated carbocycles. The Labute approximate surface area is 159 Å². The van der Waals surface area contributed by atoms with Crippen LogP contribution >= 0.6 is 0 Å². The van der Waals surface area contributed by atoms with E-state index in [1.807, 2.05) is 3.59 Å². The Morgan fingerprint density at radius 3 is 1.42 bits per heavy atom. The number of rotatable bonds is 17. The molecule has 144 valence electrons. The van der Waals surface area contributed by atoms with Crippen LogP contribution in [0.4, 0.5) is 0 Å². The summed E-state index contributed by atoms with van der Waals surface area (Å²) >= 11 is -2.09. The third-order valence-corrected chi connectivity index (χ3v) is 22.5. The molecule has 0 bridgehead atoms. The molecule has 0 heterocycles. The van der Waals surface area contributed by atoms with Crippen LogP contribution in [-0.2, 0) is 0 Å². The maximum atomic E-state index is 2.60. The van der Waals surface area contributed by atoms with E-state index in [0.29, 0.717) is 0 Å². The van der Waals surface area contributed by atoms with E-state index < -0.39 is 18.4 Å². The van der Waals surface area contributed by atoms with Gasteiger partial charge in [-0.1, -0.05) is 0 Å². The Morgan fingerprint density at radius 2 is 1.00 bits per heavy atom. The zero-order valence-corrected chi connectivity index (χ0v) is 20.7. The Kier molecular flexibility index (Phi) is 17.4. The summed E-state index contributed by atoms with van der Waals surface area (Å²) in [7, 11) is 0. The SMILES string of the molecule is C/C=[C](/CCCCCCCC)[Sn]([CH2]CCC)([CH2]CCC)[CH2]CCC. The van der Waals surface area contributed by atoms with Crippen LogP contribution in [0.3, 0.4) is 0 Å². The van der Waals surface area contributed by atoms with E-state index in [4.69, 9.17) is 0 Å². The summed E-state index contributed by atoms with van der Waals surface area (Å²) in [6.07, 6.45) is 21.4. The van der Waals surface area contributed by atoms with Crippen LogP contribution in [0.1, 0.15) is 118 Å². The number of hydrogen-bond acceptors (Lipinski definition) is 0. The van der Waals surface area contributed by atoms with Crippen molar-refractivity contribution < 1.29 is 0 Å². The van der Waals surface area contributed by atoms with Crippen LogP contribution in [0.5, 0.6) is 0 Å². The standard InChI is InChI=1S/C11H21.3C4H9.Sn/c1-3-5-7-9-11-10-8-6-4-2;3*1-3-4-2;/h3H,4,6-11H2,1-2H3;3*1,3-4H2,2H3;.